The summed E-state index contributed by atoms with van der Waals surface area (Å²) in [6, 6.07) is 0. The van der Waals surface area contributed by atoms with Crippen molar-refractivity contribution >= 4 is 11.9 Å². The van der Waals surface area contributed by atoms with E-state index in [4.69, 9.17) is 9.47 Å². The molecule has 0 aliphatic heterocycles. The Kier molecular flexibility index (Phi) is 11.0. The Hall–Kier alpha value is -1.06. The minimum atomic E-state index is -0.0928. The quantitative estimate of drug-likeness (QED) is 0.399. The van der Waals surface area contributed by atoms with E-state index in [1.54, 1.807) is 0 Å². The van der Waals surface area contributed by atoms with E-state index in [1.807, 2.05) is 13.8 Å². The van der Waals surface area contributed by atoms with Gasteiger partial charge in [-0.05, 0) is 44.9 Å². The molecular weight excluding hydrogens is 268 g/mol. The van der Waals surface area contributed by atoms with Crippen LogP contribution in [0.4, 0.5) is 0 Å². The Balaban J connectivity index is 3.64. The van der Waals surface area contributed by atoms with Gasteiger partial charge in [-0.15, -0.1) is 0 Å². The Labute approximate surface area is 129 Å². The molecule has 4 nitrogen and oxygen atoms in total. The third-order valence-electron chi connectivity index (χ3n) is 3.58. The van der Waals surface area contributed by atoms with Crippen LogP contribution in [0, 0.1) is 5.41 Å². The fourth-order valence-corrected chi connectivity index (χ4v) is 2.34. The van der Waals surface area contributed by atoms with E-state index in [0.29, 0.717) is 26.1 Å². The lowest BCUT2D eigenvalue weighted by molar-refractivity contribution is -0.144. The highest BCUT2D eigenvalue weighted by Crippen LogP contribution is 2.30. The molecule has 0 aromatic carbocycles. The Morgan fingerprint density at radius 1 is 0.762 bits per heavy atom. The van der Waals surface area contributed by atoms with Gasteiger partial charge in [0.1, 0.15) is 0 Å². The van der Waals surface area contributed by atoms with Gasteiger partial charge >= 0.3 is 11.9 Å². The maximum Gasteiger partial charge on any atom is 0.305 e. The minimum Gasteiger partial charge on any atom is -0.466 e. The van der Waals surface area contributed by atoms with E-state index in [9.17, 15) is 9.59 Å². The van der Waals surface area contributed by atoms with Crippen molar-refractivity contribution in [3.8, 4) is 0 Å². The Morgan fingerprint density at radius 2 is 1.14 bits per heavy atom. The molecule has 0 aromatic heterocycles. The first-order valence-corrected chi connectivity index (χ1v) is 8.22. The van der Waals surface area contributed by atoms with Gasteiger partial charge in [0, 0.05) is 12.8 Å². The van der Waals surface area contributed by atoms with Gasteiger partial charge in [-0.2, -0.15) is 0 Å². The number of ether oxygens (including phenoxy) is 2. The molecule has 0 unspecified atom stereocenters. The maximum absolute atomic E-state index is 11.2. The maximum atomic E-state index is 11.2. The molecule has 0 aromatic rings. The highest BCUT2D eigenvalue weighted by atomic mass is 16.5. The van der Waals surface area contributed by atoms with Gasteiger partial charge in [-0.25, -0.2) is 0 Å². The summed E-state index contributed by atoms with van der Waals surface area (Å²) in [6.45, 7) is 9.09. The average Bonchev–Trinajstić information content (AvgIpc) is 2.41. The summed E-state index contributed by atoms with van der Waals surface area (Å²) >= 11 is 0. The van der Waals surface area contributed by atoms with E-state index in [-0.39, 0.29) is 17.4 Å². The highest BCUT2D eigenvalue weighted by molar-refractivity contribution is 5.69. The van der Waals surface area contributed by atoms with Crippen LogP contribution in [0.1, 0.15) is 79.1 Å². The first kappa shape index (κ1) is 19.9. The first-order valence-electron chi connectivity index (χ1n) is 8.22. The zero-order chi connectivity index (χ0) is 16.1. The van der Waals surface area contributed by atoms with E-state index < -0.39 is 0 Å². The molecule has 0 aliphatic rings. The second-order valence-corrected chi connectivity index (χ2v) is 6.19. The van der Waals surface area contributed by atoms with Gasteiger partial charge in [0.15, 0.2) is 0 Å². The van der Waals surface area contributed by atoms with Gasteiger partial charge in [0.05, 0.1) is 13.2 Å². The van der Waals surface area contributed by atoms with Crippen LogP contribution in [0.15, 0.2) is 0 Å². The molecular formula is C17H32O4. The van der Waals surface area contributed by atoms with Crippen molar-refractivity contribution in [1.82, 2.24) is 0 Å². The van der Waals surface area contributed by atoms with Crippen molar-refractivity contribution < 1.29 is 19.1 Å². The molecule has 0 spiro atoms. The summed E-state index contributed by atoms with van der Waals surface area (Å²) in [6.07, 6.45) is 7.13. The van der Waals surface area contributed by atoms with Crippen molar-refractivity contribution in [1.29, 1.82) is 0 Å². The summed E-state index contributed by atoms with van der Waals surface area (Å²) in [5, 5.41) is 0. The largest absolute Gasteiger partial charge is 0.466 e. The summed E-state index contributed by atoms with van der Waals surface area (Å²) in [4.78, 5) is 22.5. The SMILES string of the molecule is CCOC(=O)CCCCC(C)(C)CCCCC(=O)OCC. The Bertz CT molecular complexity index is 269. The predicted octanol–water partition coefficient (Wildman–Crippen LogP) is 4.26. The normalized spacial score (nSPS) is 11.2. The number of carbonyl (C=O) groups excluding carboxylic acids is 2. The minimum absolute atomic E-state index is 0.0928. The third-order valence-corrected chi connectivity index (χ3v) is 3.58. The van der Waals surface area contributed by atoms with E-state index >= 15 is 0 Å². The number of hydrogen-bond donors (Lipinski definition) is 0. The van der Waals surface area contributed by atoms with Gasteiger partial charge in [0.2, 0.25) is 0 Å². The highest BCUT2D eigenvalue weighted by Gasteiger charge is 2.17. The molecule has 0 heterocycles. The lowest BCUT2D eigenvalue weighted by Crippen LogP contribution is -2.12. The second-order valence-electron chi connectivity index (χ2n) is 6.19. The lowest BCUT2D eigenvalue weighted by Gasteiger charge is -2.24. The van der Waals surface area contributed by atoms with Crippen LogP contribution >= 0.6 is 0 Å². The molecule has 0 saturated heterocycles. The fraction of sp³-hybridized carbons (Fsp3) is 0.882. The van der Waals surface area contributed by atoms with E-state index in [1.165, 1.54) is 0 Å². The molecule has 0 atom stereocenters. The molecule has 0 aliphatic carbocycles. The number of hydrogen-bond acceptors (Lipinski definition) is 4. The summed E-state index contributed by atoms with van der Waals surface area (Å²) in [5.41, 5.74) is 0.267. The summed E-state index contributed by atoms with van der Waals surface area (Å²) in [7, 11) is 0. The van der Waals surface area contributed by atoms with Gasteiger partial charge in [-0.3, -0.25) is 9.59 Å². The summed E-state index contributed by atoms with van der Waals surface area (Å²) in [5.74, 6) is -0.186. The number of carbonyl (C=O) groups is 2. The number of esters is 2. The van der Waals surface area contributed by atoms with Crippen molar-refractivity contribution in [3.05, 3.63) is 0 Å². The standard InChI is InChI=1S/C17H32O4/c1-5-20-15(18)11-7-9-13-17(3,4)14-10-8-12-16(19)21-6-2/h5-14H2,1-4H3. The van der Waals surface area contributed by atoms with Crippen LogP contribution < -0.4 is 0 Å². The average molecular weight is 300 g/mol. The van der Waals surface area contributed by atoms with Crippen molar-refractivity contribution in [2.75, 3.05) is 13.2 Å². The van der Waals surface area contributed by atoms with Gasteiger partial charge < -0.3 is 9.47 Å². The zero-order valence-corrected chi connectivity index (χ0v) is 14.2. The monoisotopic (exact) mass is 300 g/mol. The smallest absolute Gasteiger partial charge is 0.305 e. The molecule has 0 bridgehead atoms. The predicted molar refractivity (Wildman–Crippen MR) is 84.0 cm³/mol. The zero-order valence-electron chi connectivity index (χ0n) is 14.2. The van der Waals surface area contributed by atoms with Crippen molar-refractivity contribution in [2.24, 2.45) is 5.41 Å². The number of unbranched alkanes of at least 4 members (excludes halogenated alkanes) is 2. The summed E-state index contributed by atoms with van der Waals surface area (Å²) < 4.78 is 9.83. The first-order chi connectivity index (χ1) is 9.91. The van der Waals surface area contributed by atoms with Crippen molar-refractivity contribution in [2.45, 2.75) is 79.1 Å². The molecule has 0 amide bonds. The molecule has 124 valence electrons. The number of rotatable bonds is 12. The molecule has 0 radical (unpaired) electrons. The van der Waals surface area contributed by atoms with Crippen LogP contribution in [0.5, 0.6) is 0 Å². The van der Waals surface area contributed by atoms with Gasteiger partial charge in [-0.1, -0.05) is 26.7 Å². The third kappa shape index (κ3) is 12.4. The molecule has 0 N–H and O–H groups in total. The van der Waals surface area contributed by atoms with Crippen molar-refractivity contribution in [3.63, 3.8) is 0 Å². The topological polar surface area (TPSA) is 52.6 Å². The second kappa shape index (κ2) is 11.6. The molecule has 21 heavy (non-hydrogen) atoms. The van der Waals surface area contributed by atoms with E-state index in [2.05, 4.69) is 13.8 Å². The molecule has 0 saturated carbocycles. The van der Waals surface area contributed by atoms with E-state index in [0.717, 1.165) is 38.5 Å². The Morgan fingerprint density at radius 3 is 1.48 bits per heavy atom. The van der Waals surface area contributed by atoms with Crippen LogP contribution in [0.2, 0.25) is 0 Å². The van der Waals surface area contributed by atoms with Gasteiger partial charge in [0.25, 0.3) is 0 Å². The molecule has 4 heteroatoms. The lowest BCUT2D eigenvalue weighted by atomic mass is 9.82. The van der Waals surface area contributed by atoms with Crippen LogP contribution in [-0.2, 0) is 19.1 Å². The van der Waals surface area contributed by atoms with Crippen LogP contribution in [0.25, 0.3) is 0 Å². The van der Waals surface area contributed by atoms with Crippen LogP contribution in [-0.4, -0.2) is 25.2 Å². The molecule has 0 fully saturated rings. The van der Waals surface area contributed by atoms with Crippen LogP contribution in [0.3, 0.4) is 0 Å². The fourth-order valence-electron chi connectivity index (χ4n) is 2.34. The molecule has 0 rings (SSSR count).